The van der Waals surface area contributed by atoms with E-state index in [4.69, 9.17) is 0 Å². The summed E-state index contributed by atoms with van der Waals surface area (Å²) in [6.45, 7) is 5.64. The predicted molar refractivity (Wildman–Crippen MR) is 71.6 cm³/mol. The van der Waals surface area contributed by atoms with Crippen LogP contribution in [0, 0.1) is 11.7 Å². The standard InChI is InChI=1S/C15H20FNO/c1-3-12-6-8-17(9-7-12)15-5-4-13(16)10-14(15)11(2)18/h4-5,10,12H,3,6-9H2,1-2H3. The van der Waals surface area contributed by atoms with Crippen molar-refractivity contribution in [2.24, 2.45) is 5.92 Å². The minimum atomic E-state index is -0.340. The Bertz CT molecular complexity index is 436. The lowest BCUT2D eigenvalue weighted by Gasteiger charge is -2.34. The molecule has 1 aromatic rings. The van der Waals surface area contributed by atoms with E-state index < -0.39 is 0 Å². The first kappa shape index (κ1) is 13.1. The number of carbonyl (C=O) groups is 1. The van der Waals surface area contributed by atoms with E-state index in [1.807, 2.05) is 0 Å². The summed E-state index contributed by atoms with van der Waals surface area (Å²) in [6.07, 6.45) is 3.53. The molecule has 1 heterocycles. The van der Waals surface area contributed by atoms with Crippen molar-refractivity contribution in [3.05, 3.63) is 29.6 Å². The number of ketones is 1. The van der Waals surface area contributed by atoms with Crippen molar-refractivity contribution in [1.29, 1.82) is 0 Å². The molecule has 0 spiro atoms. The highest BCUT2D eigenvalue weighted by atomic mass is 19.1. The number of hydrogen-bond acceptors (Lipinski definition) is 2. The van der Waals surface area contributed by atoms with Crippen LogP contribution in [0.3, 0.4) is 0 Å². The maximum absolute atomic E-state index is 13.2. The molecule has 18 heavy (non-hydrogen) atoms. The van der Waals surface area contributed by atoms with Crippen LogP contribution in [0.2, 0.25) is 0 Å². The zero-order valence-electron chi connectivity index (χ0n) is 11.1. The first-order valence-electron chi connectivity index (χ1n) is 6.67. The molecule has 0 aliphatic carbocycles. The molecule has 98 valence electrons. The number of rotatable bonds is 3. The lowest BCUT2D eigenvalue weighted by molar-refractivity contribution is 0.101. The van der Waals surface area contributed by atoms with E-state index >= 15 is 0 Å². The lowest BCUT2D eigenvalue weighted by Crippen LogP contribution is -2.34. The molecule has 3 heteroatoms. The van der Waals surface area contributed by atoms with Gasteiger partial charge in [0.1, 0.15) is 5.82 Å². The third kappa shape index (κ3) is 2.71. The summed E-state index contributed by atoms with van der Waals surface area (Å²) >= 11 is 0. The first-order valence-corrected chi connectivity index (χ1v) is 6.67. The van der Waals surface area contributed by atoms with Crippen LogP contribution in [-0.4, -0.2) is 18.9 Å². The average molecular weight is 249 g/mol. The van der Waals surface area contributed by atoms with Crippen molar-refractivity contribution in [2.75, 3.05) is 18.0 Å². The van der Waals surface area contributed by atoms with Crippen LogP contribution in [0.15, 0.2) is 18.2 Å². The quantitative estimate of drug-likeness (QED) is 0.762. The van der Waals surface area contributed by atoms with Gasteiger partial charge in [0.05, 0.1) is 0 Å². The number of nitrogens with zero attached hydrogens (tertiary/aromatic N) is 1. The van der Waals surface area contributed by atoms with Gasteiger partial charge in [-0.25, -0.2) is 4.39 Å². The van der Waals surface area contributed by atoms with Crippen molar-refractivity contribution < 1.29 is 9.18 Å². The van der Waals surface area contributed by atoms with Gasteiger partial charge in [-0.15, -0.1) is 0 Å². The van der Waals surface area contributed by atoms with Gasteiger partial charge in [-0.05, 0) is 43.9 Å². The van der Waals surface area contributed by atoms with Crippen molar-refractivity contribution in [3.8, 4) is 0 Å². The number of anilines is 1. The largest absolute Gasteiger partial charge is 0.371 e. The van der Waals surface area contributed by atoms with Crippen molar-refractivity contribution in [2.45, 2.75) is 33.1 Å². The molecular formula is C15H20FNO. The molecular weight excluding hydrogens is 229 g/mol. The monoisotopic (exact) mass is 249 g/mol. The van der Waals surface area contributed by atoms with E-state index in [-0.39, 0.29) is 11.6 Å². The highest BCUT2D eigenvalue weighted by Crippen LogP contribution is 2.28. The van der Waals surface area contributed by atoms with Gasteiger partial charge in [-0.3, -0.25) is 4.79 Å². The maximum atomic E-state index is 13.2. The summed E-state index contributed by atoms with van der Waals surface area (Å²) in [5.74, 6) is 0.386. The molecule has 1 aliphatic heterocycles. The molecule has 0 saturated carbocycles. The Balaban J connectivity index is 2.21. The summed E-state index contributed by atoms with van der Waals surface area (Å²) in [6, 6.07) is 4.52. The third-order valence-electron chi connectivity index (χ3n) is 3.87. The average Bonchev–Trinajstić information content (AvgIpc) is 2.39. The molecule has 1 fully saturated rings. The molecule has 0 bridgehead atoms. The zero-order valence-corrected chi connectivity index (χ0v) is 11.1. The smallest absolute Gasteiger partial charge is 0.161 e. The predicted octanol–water partition coefficient (Wildman–Crippen LogP) is 3.65. The van der Waals surface area contributed by atoms with Crippen LogP contribution in [-0.2, 0) is 0 Å². The molecule has 1 aliphatic rings. The van der Waals surface area contributed by atoms with E-state index in [1.54, 1.807) is 6.07 Å². The van der Waals surface area contributed by atoms with Gasteiger partial charge in [0.2, 0.25) is 0 Å². The third-order valence-corrected chi connectivity index (χ3v) is 3.87. The molecule has 0 radical (unpaired) electrons. The van der Waals surface area contributed by atoms with Gasteiger partial charge in [0.15, 0.2) is 5.78 Å². The Morgan fingerprint density at radius 2 is 2.06 bits per heavy atom. The first-order chi connectivity index (χ1) is 8.61. The van der Waals surface area contributed by atoms with Gasteiger partial charge in [0, 0.05) is 24.3 Å². The number of hydrogen-bond donors (Lipinski definition) is 0. The van der Waals surface area contributed by atoms with Crippen LogP contribution in [0.25, 0.3) is 0 Å². The fourth-order valence-corrected chi connectivity index (χ4v) is 2.65. The molecule has 2 nitrogen and oxygen atoms in total. The van der Waals surface area contributed by atoms with E-state index in [1.165, 1.54) is 25.5 Å². The van der Waals surface area contributed by atoms with E-state index in [0.29, 0.717) is 5.56 Å². The molecule has 1 aromatic carbocycles. The molecule has 0 unspecified atom stereocenters. The highest BCUT2D eigenvalue weighted by molar-refractivity contribution is 5.99. The Labute approximate surface area is 108 Å². The Morgan fingerprint density at radius 3 is 2.61 bits per heavy atom. The lowest BCUT2D eigenvalue weighted by atomic mass is 9.93. The SMILES string of the molecule is CCC1CCN(c2ccc(F)cc2C(C)=O)CC1. The van der Waals surface area contributed by atoms with Crippen LogP contribution < -0.4 is 4.90 Å². The molecule has 1 saturated heterocycles. The van der Waals surface area contributed by atoms with E-state index in [2.05, 4.69) is 11.8 Å². The van der Waals surface area contributed by atoms with Crippen LogP contribution >= 0.6 is 0 Å². The number of benzene rings is 1. The minimum absolute atomic E-state index is 0.0675. The Hall–Kier alpha value is -1.38. The summed E-state index contributed by atoms with van der Waals surface area (Å²) in [4.78, 5) is 13.8. The number of carbonyl (C=O) groups excluding carboxylic acids is 1. The fraction of sp³-hybridized carbons (Fsp3) is 0.533. The second-order valence-electron chi connectivity index (χ2n) is 5.06. The van der Waals surface area contributed by atoms with Crippen molar-refractivity contribution in [1.82, 2.24) is 0 Å². The second-order valence-corrected chi connectivity index (χ2v) is 5.06. The molecule has 0 aromatic heterocycles. The topological polar surface area (TPSA) is 20.3 Å². The summed E-state index contributed by atoms with van der Waals surface area (Å²) < 4.78 is 13.2. The fourth-order valence-electron chi connectivity index (χ4n) is 2.65. The Morgan fingerprint density at radius 1 is 1.39 bits per heavy atom. The molecule has 0 amide bonds. The van der Waals surface area contributed by atoms with Crippen molar-refractivity contribution in [3.63, 3.8) is 0 Å². The molecule has 2 rings (SSSR count). The van der Waals surface area contributed by atoms with Gasteiger partial charge in [-0.2, -0.15) is 0 Å². The second kappa shape index (κ2) is 5.51. The summed E-state index contributed by atoms with van der Waals surface area (Å²) in [5.41, 5.74) is 1.39. The van der Waals surface area contributed by atoms with Gasteiger partial charge < -0.3 is 4.90 Å². The number of piperidine rings is 1. The van der Waals surface area contributed by atoms with E-state index in [9.17, 15) is 9.18 Å². The van der Waals surface area contributed by atoms with Crippen LogP contribution in [0.4, 0.5) is 10.1 Å². The van der Waals surface area contributed by atoms with Crippen LogP contribution in [0.5, 0.6) is 0 Å². The van der Waals surface area contributed by atoms with Gasteiger partial charge in [-0.1, -0.05) is 13.3 Å². The molecule has 0 atom stereocenters. The summed E-state index contributed by atoms with van der Waals surface area (Å²) in [5, 5.41) is 0. The number of Topliss-reactive ketones (excluding diaryl/α,β-unsaturated/α-hetero) is 1. The van der Waals surface area contributed by atoms with Crippen LogP contribution in [0.1, 0.15) is 43.5 Å². The van der Waals surface area contributed by atoms with E-state index in [0.717, 1.165) is 37.5 Å². The Kier molecular flexibility index (Phi) is 4.00. The van der Waals surface area contributed by atoms with Crippen molar-refractivity contribution >= 4 is 11.5 Å². The van der Waals surface area contributed by atoms with Gasteiger partial charge in [0.25, 0.3) is 0 Å². The summed E-state index contributed by atoms with van der Waals surface area (Å²) in [7, 11) is 0. The minimum Gasteiger partial charge on any atom is -0.371 e. The zero-order chi connectivity index (χ0) is 13.1. The normalized spacial score (nSPS) is 16.9. The molecule has 0 N–H and O–H groups in total. The maximum Gasteiger partial charge on any atom is 0.161 e. The highest BCUT2D eigenvalue weighted by Gasteiger charge is 2.21. The number of halogens is 1. The van der Waals surface area contributed by atoms with Gasteiger partial charge >= 0.3 is 0 Å².